The number of aliphatic carboxylic acids is 1. The zero-order valence-corrected chi connectivity index (χ0v) is 38.4. The van der Waals surface area contributed by atoms with Crippen molar-refractivity contribution in [1.29, 1.82) is 0 Å². The SMILES string of the molecule is O=C1C[C@@H](O)C(=O)Nc2ccc(cc2)C[C@@H](C(=O)N[C@@H](Cc2ccccc2)C(=O)O)NC(=O)[C@@H](Cc2ccccc2)NC(=O)[C@H](Cc2ccc(-c3ccccc3)cc2)NC(=O)[C@@H](CC2CC=CS2)N1. The van der Waals surface area contributed by atoms with Crippen molar-refractivity contribution in [3.63, 3.8) is 0 Å². The summed E-state index contributed by atoms with van der Waals surface area (Å²) < 4.78 is 0. The molecule has 7 atom stereocenters. The van der Waals surface area contributed by atoms with Crippen LogP contribution in [0.5, 0.6) is 0 Å². The highest BCUT2D eigenvalue weighted by molar-refractivity contribution is 8.03. The van der Waals surface area contributed by atoms with Gasteiger partial charge in [-0.1, -0.05) is 133 Å². The Morgan fingerprint density at radius 1 is 0.609 bits per heavy atom. The van der Waals surface area contributed by atoms with E-state index in [1.54, 1.807) is 72.8 Å². The lowest BCUT2D eigenvalue weighted by atomic mass is 9.98. The van der Waals surface area contributed by atoms with E-state index in [0.717, 1.165) is 11.1 Å². The molecule has 356 valence electrons. The summed E-state index contributed by atoms with van der Waals surface area (Å²) in [5.41, 5.74) is 4.64. The molecule has 5 aromatic carbocycles. The minimum absolute atomic E-state index is 0.0355. The molecule has 1 unspecified atom stereocenters. The third kappa shape index (κ3) is 14.5. The molecule has 0 radical (unpaired) electrons. The molecule has 0 fully saturated rings. The number of carboxylic acid groups (broad SMARTS) is 1. The summed E-state index contributed by atoms with van der Waals surface area (Å²) in [5.74, 6) is -5.97. The highest BCUT2D eigenvalue weighted by Crippen LogP contribution is 2.28. The molecule has 6 amide bonds. The van der Waals surface area contributed by atoms with Gasteiger partial charge in [0.15, 0.2) is 0 Å². The van der Waals surface area contributed by atoms with Gasteiger partial charge in [-0.2, -0.15) is 0 Å². The molecule has 15 nitrogen and oxygen atoms in total. The second-order valence-corrected chi connectivity index (χ2v) is 18.3. The molecule has 0 aliphatic carbocycles. The van der Waals surface area contributed by atoms with Crippen LogP contribution < -0.4 is 31.9 Å². The molecule has 5 aromatic rings. The standard InChI is InChI=1S/C53H54N6O9S/c60-46-32-47(61)55-44(31-40-17-10-26-69-40)51(65)58-42(28-35-18-22-38(23-19-35)37-15-8-3-9-16-37)49(63)56-41(27-33-11-4-1-5-12-33)48(62)57-43(29-36-20-24-39(25-21-36)54-52(46)66)50(64)59-45(53(67)68)30-34-13-6-2-7-14-34/h1-16,18-26,40-46,60H,17,27-32H2,(H,54,66)(H,55,61)(H,56,63)(H,57,62)(H,58,65)(H,59,64)(H,67,68)/t40?,41-,42+,43+,44-,45+,46-/m1/s1. The molecule has 8 rings (SSSR count). The van der Waals surface area contributed by atoms with E-state index in [4.69, 9.17) is 0 Å². The Morgan fingerprint density at radius 2 is 1.16 bits per heavy atom. The minimum Gasteiger partial charge on any atom is -0.480 e. The Morgan fingerprint density at radius 3 is 1.75 bits per heavy atom. The second kappa shape index (κ2) is 23.9. The molecule has 3 heterocycles. The average Bonchev–Trinajstić information content (AvgIpc) is 3.87. The highest BCUT2D eigenvalue weighted by Gasteiger charge is 2.35. The van der Waals surface area contributed by atoms with Crippen molar-refractivity contribution >= 4 is 58.9 Å². The zero-order valence-electron chi connectivity index (χ0n) is 37.6. The number of fused-ring (bicyclic) bond motifs is 18. The number of anilines is 1. The van der Waals surface area contributed by atoms with E-state index < -0.39 is 84.1 Å². The molecule has 3 aliphatic heterocycles. The predicted molar refractivity (Wildman–Crippen MR) is 262 cm³/mol. The number of aliphatic hydroxyl groups is 1. The van der Waals surface area contributed by atoms with E-state index in [-0.39, 0.29) is 43.0 Å². The van der Waals surface area contributed by atoms with Crippen molar-refractivity contribution < 1.29 is 43.8 Å². The van der Waals surface area contributed by atoms with Crippen LogP contribution in [0.1, 0.15) is 41.5 Å². The first-order valence-corrected chi connectivity index (χ1v) is 23.7. The molecule has 0 saturated heterocycles. The fourth-order valence-electron chi connectivity index (χ4n) is 8.10. The number of carbonyl (C=O) groups excluding carboxylic acids is 6. The summed E-state index contributed by atoms with van der Waals surface area (Å²) in [6.07, 6.45) is -0.0231. The van der Waals surface area contributed by atoms with Crippen LogP contribution in [0.3, 0.4) is 0 Å². The van der Waals surface area contributed by atoms with Crippen LogP contribution >= 0.6 is 11.8 Å². The van der Waals surface area contributed by atoms with Gasteiger partial charge in [-0.3, -0.25) is 28.8 Å². The Labute approximate surface area is 403 Å². The minimum atomic E-state index is -1.80. The fourth-order valence-corrected chi connectivity index (χ4v) is 9.07. The number of carboxylic acids is 1. The van der Waals surface area contributed by atoms with E-state index in [0.29, 0.717) is 28.7 Å². The maximum Gasteiger partial charge on any atom is 0.326 e. The van der Waals surface area contributed by atoms with Crippen LogP contribution in [0.15, 0.2) is 151 Å². The van der Waals surface area contributed by atoms with E-state index >= 15 is 0 Å². The molecule has 3 aliphatic rings. The van der Waals surface area contributed by atoms with Crippen molar-refractivity contribution in [2.75, 3.05) is 5.32 Å². The highest BCUT2D eigenvalue weighted by atomic mass is 32.2. The van der Waals surface area contributed by atoms with Gasteiger partial charge in [-0.05, 0) is 63.8 Å². The summed E-state index contributed by atoms with van der Waals surface area (Å²) in [6.45, 7) is 0. The van der Waals surface area contributed by atoms with Gasteiger partial charge in [0.2, 0.25) is 29.5 Å². The smallest absolute Gasteiger partial charge is 0.326 e. The molecule has 0 spiro atoms. The van der Waals surface area contributed by atoms with Crippen molar-refractivity contribution in [1.82, 2.24) is 26.6 Å². The monoisotopic (exact) mass is 950 g/mol. The Kier molecular flexibility index (Phi) is 17.1. The predicted octanol–water partition coefficient (Wildman–Crippen LogP) is 4.25. The molecule has 0 aromatic heterocycles. The van der Waals surface area contributed by atoms with Gasteiger partial charge < -0.3 is 42.1 Å². The van der Waals surface area contributed by atoms with Crippen LogP contribution in [0.25, 0.3) is 11.1 Å². The molecule has 2 bridgehead atoms. The topological polar surface area (TPSA) is 232 Å². The van der Waals surface area contributed by atoms with Crippen molar-refractivity contribution in [2.45, 2.75) is 86.5 Å². The maximum absolute atomic E-state index is 14.8. The molecule has 69 heavy (non-hydrogen) atoms. The quantitative estimate of drug-likeness (QED) is 0.0830. The lowest BCUT2D eigenvalue weighted by Gasteiger charge is -2.28. The average molecular weight is 951 g/mol. The molecular formula is C53H54N6O9S. The van der Waals surface area contributed by atoms with Gasteiger partial charge in [0, 0.05) is 36.6 Å². The van der Waals surface area contributed by atoms with Gasteiger partial charge in [0.05, 0.1) is 6.42 Å². The number of allylic oxidation sites excluding steroid dienone is 1. The number of hydrogen-bond acceptors (Lipinski definition) is 9. The number of rotatable bonds is 12. The van der Waals surface area contributed by atoms with E-state index in [1.807, 2.05) is 66.1 Å². The normalized spacial score (nSPS) is 21.9. The number of aliphatic hydroxyl groups excluding tert-OH is 1. The first-order valence-electron chi connectivity index (χ1n) is 22.7. The van der Waals surface area contributed by atoms with E-state index in [1.165, 1.54) is 23.9 Å². The zero-order chi connectivity index (χ0) is 48.7. The molecule has 16 heteroatoms. The Hall–Kier alpha value is -7.56. The van der Waals surface area contributed by atoms with Crippen molar-refractivity contribution in [2.24, 2.45) is 0 Å². The Bertz CT molecular complexity index is 2610. The first kappa shape index (κ1) is 49.3. The third-order valence-electron chi connectivity index (χ3n) is 11.8. The number of nitrogens with one attached hydrogen (secondary N) is 6. The summed E-state index contributed by atoms with van der Waals surface area (Å²) in [5, 5.41) is 39.2. The van der Waals surface area contributed by atoms with Crippen molar-refractivity contribution in [3.8, 4) is 11.1 Å². The van der Waals surface area contributed by atoms with Gasteiger partial charge >= 0.3 is 5.97 Å². The fraction of sp³-hybridized carbons (Fsp3) is 0.264. The second-order valence-electron chi connectivity index (χ2n) is 17.1. The summed E-state index contributed by atoms with van der Waals surface area (Å²) in [6, 6.07) is 34.4. The number of benzene rings is 5. The Balaban J connectivity index is 1.24. The maximum atomic E-state index is 14.8. The lowest BCUT2D eigenvalue weighted by molar-refractivity contribution is -0.142. The number of carbonyl (C=O) groups is 7. The van der Waals surface area contributed by atoms with Gasteiger partial charge in [-0.15, -0.1) is 11.8 Å². The van der Waals surface area contributed by atoms with Gasteiger partial charge in [-0.25, -0.2) is 4.79 Å². The van der Waals surface area contributed by atoms with Crippen LogP contribution in [0.2, 0.25) is 0 Å². The molecule has 0 saturated carbocycles. The van der Waals surface area contributed by atoms with E-state index in [2.05, 4.69) is 31.9 Å². The first-order chi connectivity index (χ1) is 33.4. The van der Waals surface area contributed by atoms with Gasteiger partial charge in [0.25, 0.3) is 5.91 Å². The van der Waals surface area contributed by atoms with Gasteiger partial charge in [0.1, 0.15) is 36.3 Å². The number of hydrogen-bond donors (Lipinski definition) is 8. The number of thioether (sulfide) groups is 1. The van der Waals surface area contributed by atoms with Crippen molar-refractivity contribution in [3.05, 3.63) is 173 Å². The summed E-state index contributed by atoms with van der Waals surface area (Å²) >= 11 is 1.48. The van der Waals surface area contributed by atoms with Crippen LogP contribution in [-0.2, 0) is 59.2 Å². The summed E-state index contributed by atoms with van der Waals surface area (Å²) in [4.78, 5) is 97.2. The van der Waals surface area contributed by atoms with Crippen LogP contribution in [-0.4, -0.2) is 93.2 Å². The van der Waals surface area contributed by atoms with Crippen LogP contribution in [0.4, 0.5) is 5.69 Å². The van der Waals surface area contributed by atoms with E-state index in [9.17, 15) is 43.8 Å². The largest absolute Gasteiger partial charge is 0.480 e. The number of amides is 6. The molecular weight excluding hydrogens is 897 g/mol. The lowest BCUT2D eigenvalue weighted by Crippen LogP contribution is -2.60. The third-order valence-corrected chi connectivity index (χ3v) is 13.0. The summed E-state index contributed by atoms with van der Waals surface area (Å²) in [7, 11) is 0. The van der Waals surface area contributed by atoms with Crippen LogP contribution in [0, 0.1) is 0 Å². The molecule has 8 N–H and O–H groups in total.